The van der Waals surface area contributed by atoms with Crippen LogP contribution in [0.5, 0.6) is 0 Å². The Bertz CT molecular complexity index is 508. The van der Waals surface area contributed by atoms with Crippen molar-refractivity contribution in [3.8, 4) is 0 Å². The molecule has 5 heteroatoms. The van der Waals surface area contributed by atoms with Gasteiger partial charge in [-0.15, -0.1) is 0 Å². The van der Waals surface area contributed by atoms with Crippen molar-refractivity contribution in [3.63, 3.8) is 0 Å². The SMILES string of the molecule is CC(C)(O)[C@@H]1CC[C@](C)([C@H](O)COC(=O)c2ccccc2)O1. The van der Waals surface area contributed by atoms with Crippen LogP contribution in [0.3, 0.4) is 0 Å². The van der Waals surface area contributed by atoms with Gasteiger partial charge in [-0.05, 0) is 45.7 Å². The Morgan fingerprint density at radius 3 is 2.64 bits per heavy atom. The van der Waals surface area contributed by atoms with E-state index in [2.05, 4.69) is 0 Å². The van der Waals surface area contributed by atoms with E-state index in [-0.39, 0.29) is 12.7 Å². The number of carbonyl (C=O) groups excluding carboxylic acids is 1. The highest BCUT2D eigenvalue weighted by Crippen LogP contribution is 2.37. The van der Waals surface area contributed by atoms with Gasteiger partial charge in [0.15, 0.2) is 0 Å². The monoisotopic (exact) mass is 308 g/mol. The van der Waals surface area contributed by atoms with Gasteiger partial charge in [0.05, 0.1) is 22.9 Å². The minimum absolute atomic E-state index is 0.136. The molecular formula is C17H24O5. The van der Waals surface area contributed by atoms with Gasteiger partial charge in [-0.3, -0.25) is 0 Å². The fourth-order valence-electron chi connectivity index (χ4n) is 2.59. The Labute approximate surface area is 130 Å². The van der Waals surface area contributed by atoms with Crippen molar-refractivity contribution in [2.45, 2.75) is 57.0 Å². The summed E-state index contributed by atoms with van der Waals surface area (Å²) in [6.07, 6.45) is -0.0143. The van der Waals surface area contributed by atoms with Crippen molar-refractivity contribution in [1.82, 2.24) is 0 Å². The number of rotatable bonds is 5. The number of hydrogen-bond donors (Lipinski definition) is 2. The van der Waals surface area contributed by atoms with Crippen molar-refractivity contribution in [2.24, 2.45) is 0 Å². The molecule has 3 atom stereocenters. The van der Waals surface area contributed by atoms with E-state index in [4.69, 9.17) is 9.47 Å². The van der Waals surface area contributed by atoms with Crippen LogP contribution in [-0.4, -0.2) is 46.2 Å². The van der Waals surface area contributed by atoms with Crippen molar-refractivity contribution in [1.29, 1.82) is 0 Å². The quantitative estimate of drug-likeness (QED) is 0.813. The number of benzene rings is 1. The van der Waals surface area contributed by atoms with Crippen LogP contribution in [0.25, 0.3) is 0 Å². The number of ether oxygens (including phenoxy) is 2. The van der Waals surface area contributed by atoms with Gasteiger partial charge in [0.1, 0.15) is 12.7 Å². The van der Waals surface area contributed by atoms with Crippen molar-refractivity contribution in [3.05, 3.63) is 35.9 Å². The van der Waals surface area contributed by atoms with E-state index in [0.29, 0.717) is 18.4 Å². The van der Waals surface area contributed by atoms with E-state index >= 15 is 0 Å². The topological polar surface area (TPSA) is 76.0 Å². The molecule has 2 N–H and O–H groups in total. The Morgan fingerprint density at radius 1 is 1.45 bits per heavy atom. The molecule has 0 unspecified atom stereocenters. The van der Waals surface area contributed by atoms with Gasteiger partial charge >= 0.3 is 5.97 Å². The molecule has 0 aliphatic carbocycles. The van der Waals surface area contributed by atoms with E-state index in [0.717, 1.165) is 0 Å². The Morgan fingerprint density at radius 2 is 2.09 bits per heavy atom. The maximum absolute atomic E-state index is 11.9. The third-order valence-corrected chi connectivity index (χ3v) is 4.19. The number of aliphatic hydroxyl groups is 2. The second kappa shape index (κ2) is 6.36. The number of esters is 1. The number of aliphatic hydroxyl groups excluding tert-OH is 1. The first-order chi connectivity index (χ1) is 10.2. The molecule has 0 bridgehead atoms. The molecule has 0 aromatic heterocycles. The lowest BCUT2D eigenvalue weighted by Gasteiger charge is -2.33. The Hall–Kier alpha value is -1.43. The first kappa shape index (κ1) is 16.9. The summed E-state index contributed by atoms with van der Waals surface area (Å²) in [5, 5.41) is 20.3. The van der Waals surface area contributed by atoms with Crippen molar-refractivity contribution in [2.75, 3.05) is 6.61 Å². The second-order valence-electron chi connectivity index (χ2n) is 6.59. The third kappa shape index (κ3) is 3.85. The van der Waals surface area contributed by atoms with Crippen LogP contribution < -0.4 is 0 Å². The average Bonchev–Trinajstić information content (AvgIpc) is 2.89. The van der Waals surface area contributed by atoms with Crippen LogP contribution in [-0.2, 0) is 9.47 Å². The molecule has 1 fully saturated rings. The molecule has 2 rings (SSSR count). The molecule has 0 radical (unpaired) electrons. The molecule has 0 spiro atoms. The second-order valence-corrected chi connectivity index (χ2v) is 6.59. The summed E-state index contributed by atoms with van der Waals surface area (Å²) in [4.78, 5) is 11.9. The summed E-state index contributed by atoms with van der Waals surface area (Å²) in [7, 11) is 0. The van der Waals surface area contributed by atoms with Gasteiger partial charge in [-0.25, -0.2) is 4.79 Å². The van der Waals surface area contributed by atoms with Crippen molar-refractivity contribution >= 4 is 5.97 Å². The fraction of sp³-hybridized carbons (Fsp3) is 0.588. The summed E-state index contributed by atoms with van der Waals surface area (Å²) < 4.78 is 11.0. The molecule has 1 saturated heterocycles. The smallest absolute Gasteiger partial charge is 0.338 e. The molecule has 1 aliphatic heterocycles. The van der Waals surface area contributed by atoms with E-state index in [1.165, 1.54) is 0 Å². The highest BCUT2D eigenvalue weighted by atomic mass is 16.6. The average molecular weight is 308 g/mol. The zero-order valence-electron chi connectivity index (χ0n) is 13.3. The van der Waals surface area contributed by atoms with Gasteiger partial charge in [-0.2, -0.15) is 0 Å². The minimum Gasteiger partial charge on any atom is -0.459 e. The van der Waals surface area contributed by atoms with Crippen LogP contribution >= 0.6 is 0 Å². The van der Waals surface area contributed by atoms with Gasteiger partial charge in [0, 0.05) is 0 Å². The molecule has 1 aliphatic rings. The molecular weight excluding hydrogens is 284 g/mol. The summed E-state index contributed by atoms with van der Waals surface area (Å²) in [6.45, 7) is 5.01. The van der Waals surface area contributed by atoms with Crippen LogP contribution in [0, 0.1) is 0 Å². The van der Waals surface area contributed by atoms with E-state index in [1.807, 2.05) is 6.07 Å². The predicted octanol–water partition coefficient (Wildman–Crippen LogP) is 1.91. The highest BCUT2D eigenvalue weighted by molar-refractivity contribution is 5.89. The highest BCUT2D eigenvalue weighted by Gasteiger charge is 2.46. The molecule has 0 saturated carbocycles. The molecule has 0 amide bonds. The molecule has 122 valence electrons. The Balaban J connectivity index is 1.90. The zero-order valence-corrected chi connectivity index (χ0v) is 13.3. The first-order valence-electron chi connectivity index (χ1n) is 7.53. The number of carbonyl (C=O) groups is 1. The molecule has 1 aromatic rings. The summed E-state index contributed by atoms with van der Waals surface area (Å²) in [5.41, 5.74) is -1.33. The maximum Gasteiger partial charge on any atom is 0.338 e. The van der Waals surface area contributed by atoms with E-state index in [9.17, 15) is 15.0 Å². The van der Waals surface area contributed by atoms with Crippen LogP contribution in [0.4, 0.5) is 0 Å². The van der Waals surface area contributed by atoms with Gasteiger partial charge in [0.25, 0.3) is 0 Å². The van der Waals surface area contributed by atoms with Crippen LogP contribution in [0.15, 0.2) is 30.3 Å². The summed E-state index contributed by atoms with van der Waals surface area (Å²) >= 11 is 0. The zero-order chi connectivity index (χ0) is 16.4. The lowest BCUT2D eigenvalue weighted by Crippen LogP contribution is -2.45. The fourth-order valence-corrected chi connectivity index (χ4v) is 2.59. The van der Waals surface area contributed by atoms with E-state index < -0.39 is 23.3 Å². The molecule has 1 heterocycles. The number of hydrogen-bond acceptors (Lipinski definition) is 5. The summed E-state index contributed by atoms with van der Waals surface area (Å²) in [5.74, 6) is -0.472. The standard InChI is InChI=1S/C17H24O5/c1-16(2,20)14-9-10-17(3,22-14)13(18)11-21-15(19)12-7-5-4-6-8-12/h4-8,13-14,18,20H,9-11H2,1-3H3/t13-,14+,17-/m1/s1. The molecule has 22 heavy (non-hydrogen) atoms. The minimum atomic E-state index is -0.960. The predicted molar refractivity (Wildman–Crippen MR) is 81.5 cm³/mol. The van der Waals surface area contributed by atoms with Crippen LogP contribution in [0.1, 0.15) is 44.0 Å². The maximum atomic E-state index is 11.9. The largest absolute Gasteiger partial charge is 0.459 e. The summed E-state index contributed by atoms with van der Waals surface area (Å²) in [6, 6.07) is 8.64. The lowest BCUT2D eigenvalue weighted by molar-refractivity contribution is -0.160. The van der Waals surface area contributed by atoms with Crippen molar-refractivity contribution < 1.29 is 24.5 Å². The van der Waals surface area contributed by atoms with Gasteiger partial charge in [-0.1, -0.05) is 18.2 Å². The van der Waals surface area contributed by atoms with Gasteiger partial charge < -0.3 is 19.7 Å². The molecule has 1 aromatic carbocycles. The van der Waals surface area contributed by atoms with Gasteiger partial charge in [0.2, 0.25) is 0 Å². The lowest BCUT2D eigenvalue weighted by atomic mass is 9.94. The first-order valence-corrected chi connectivity index (χ1v) is 7.53. The Kier molecular flexibility index (Phi) is 4.90. The van der Waals surface area contributed by atoms with E-state index in [1.54, 1.807) is 45.0 Å². The molecule has 5 nitrogen and oxygen atoms in total. The normalized spacial score (nSPS) is 26.7. The third-order valence-electron chi connectivity index (χ3n) is 4.19. The van der Waals surface area contributed by atoms with Crippen LogP contribution in [0.2, 0.25) is 0 Å².